The zero-order valence-electron chi connectivity index (χ0n) is 54.9. The molecular formula is C92H64BN3O2S. The van der Waals surface area contributed by atoms with Gasteiger partial charge in [-0.05, 0) is 157 Å². The number of fused-ring (bicyclic) bond motifs is 10. The number of furan rings is 2. The lowest BCUT2D eigenvalue weighted by atomic mass is 9.36. The largest absolute Gasteiger partial charge is 0.464 e. The Kier molecular flexibility index (Phi) is 13.7. The molecule has 0 saturated heterocycles. The number of hydrogen-bond acceptors (Lipinski definition) is 6. The van der Waals surface area contributed by atoms with Crippen molar-refractivity contribution in [3.8, 4) is 66.8 Å². The number of rotatable bonds is 11. The second-order valence-corrected chi connectivity index (χ2v) is 28.2. The fourth-order valence-corrected chi connectivity index (χ4v) is 16.9. The minimum Gasteiger partial charge on any atom is -0.464 e. The van der Waals surface area contributed by atoms with Gasteiger partial charge in [0.2, 0.25) is 0 Å². The molecule has 17 aromatic rings. The van der Waals surface area contributed by atoms with Gasteiger partial charge < -0.3 is 23.5 Å². The Balaban J connectivity index is 0.914. The summed E-state index contributed by atoms with van der Waals surface area (Å²) in [6.07, 6.45) is 1.80. The van der Waals surface area contributed by atoms with Crippen LogP contribution in [0.15, 0.2) is 343 Å². The zero-order chi connectivity index (χ0) is 65.9. The van der Waals surface area contributed by atoms with E-state index in [1.54, 1.807) is 6.26 Å². The van der Waals surface area contributed by atoms with Crippen molar-refractivity contribution < 1.29 is 8.83 Å². The molecule has 468 valence electrons. The normalized spacial score (nSPS) is 12.5. The zero-order valence-corrected chi connectivity index (χ0v) is 55.7. The molecule has 0 saturated carbocycles. The van der Waals surface area contributed by atoms with E-state index in [0.717, 1.165) is 134 Å². The summed E-state index contributed by atoms with van der Waals surface area (Å²) in [5, 5.41) is 4.47. The van der Waals surface area contributed by atoms with Crippen LogP contribution in [0.2, 0.25) is 0 Å². The second-order valence-electron chi connectivity index (χ2n) is 27.1. The van der Waals surface area contributed by atoms with Gasteiger partial charge in [0.05, 0.1) is 23.3 Å². The first-order chi connectivity index (χ1) is 48.8. The number of hydrogen-bond donors (Lipinski definition) is 0. The lowest BCUT2D eigenvalue weighted by molar-refractivity contribution is 0.590. The molecule has 14 aromatic carbocycles. The van der Waals surface area contributed by atoms with Gasteiger partial charge in [0, 0.05) is 87.4 Å². The third-order valence-electron chi connectivity index (χ3n) is 20.3. The van der Waals surface area contributed by atoms with Gasteiger partial charge in [-0.25, -0.2) is 0 Å². The monoisotopic (exact) mass is 1290 g/mol. The van der Waals surface area contributed by atoms with Crippen LogP contribution in [0.25, 0.3) is 110 Å². The van der Waals surface area contributed by atoms with E-state index in [1.807, 2.05) is 11.3 Å². The number of anilines is 9. The summed E-state index contributed by atoms with van der Waals surface area (Å²) in [6.45, 7) is 6.67. The molecule has 0 fully saturated rings. The van der Waals surface area contributed by atoms with E-state index in [0.29, 0.717) is 0 Å². The summed E-state index contributed by atoms with van der Waals surface area (Å²) in [5.74, 6) is 0. The van der Waals surface area contributed by atoms with Crippen LogP contribution in [0.1, 0.15) is 26.3 Å². The molecule has 0 aliphatic carbocycles. The lowest BCUT2D eigenvalue weighted by Gasteiger charge is -2.44. The van der Waals surface area contributed by atoms with E-state index in [2.05, 4.69) is 363 Å². The molecule has 5 heterocycles. The van der Waals surface area contributed by atoms with Crippen molar-refractivity contribution in [2.24, 2.45) is 0 Å². The van der Waals surface area contributed by atoms with Gasteiger partial charge in [-0.3, -0.25) is 0 Å². The standard InChI is InChI=1S/C92H64BN3O2S/c1-92(2,3)66-44-46-68(47-45-66)94(80-40-20-18-35-73(80)75-38-23-39-76-74-36-19-21-41-85(74)98-90(75)76)69-48-49-79-82(58-69)95(67-31-14-7-15-32-67)83-56-65(71-34-17-16-33-70(71)60-26-10-5-11-27-60)57-84-87(83)93(79)91-88(78-54-63(43-51-86(78)99-91)59-24-8-4-9-25-59)96(84)81-50-42-64(55-77(81)61-28-12-6-13-29-61)72-37-22-30-62-52-53-97-89(62)72/h4-58H,1-3H3. The lowest BCUT2D eigenvalue weighted by Crippen LogP contribution is -2.60. The van der Waals surface area contributed by atoms with Gasteiger partial charge in [-0.2, -0.15) is 0 Å². The highest BCUT2D eigenvalue weighted by atomic mass is 32.1. The molecule has 99 heavy (non-hydrogen) atoms. The van der Waals surface area contributed by atoms with Crippen LogP contribution in [-0.2, 0) is 5.41 Å². The average Bonchev–Trinajstić information content (AvgIpc) is 1.68. The average molecular weight is 1290 g/mol. The molecule has 0 bridgehead atoms. The molecule has 19 rings (SSSR count). The van der Waals surface area contributed by atoms with Gasteiger partial charge in [-0.1, -0.05) is 257 Å². The Morgan fingerprint density at radius 3 is 1.74 bits per heavy atom. The topological polar surface area (TPSA) is 36.0 Å². The molecule has 2 aliphatic rings. The van der Waals surface area contributed by atoms with Crippen molar-refractivity contribution in [1.82, 2.24) is 0 Å². The number of benzene rings is 14. The van der Waals surface area contributed by atoms with E-state index < -0.39 is 0 Å². The van der Waals surface area contributed by atoms with Gasteiger partial charge in [0.15, 0.2) is 0 Å². The SMILES string of the molecule is CC(C)(C)c1ccc(N(c2ccc3c(c2)N(c2ccccc2)c2cc(-c4ccccc4-c4ccccc4)cc4c2B3c2sc3ccc(-c5ccccc5)cc3c2N4c2ccc(-c3cccc4ccoc34)cc2-c2ccccc2)c2ccccc2-c2cccc3c2oc2ccccc23)cc1. The molecule has 0 N–H and O–H groups in total. The Bertz CT molecular complexity index is 5990. The minimum atomic E-state index is -0.199. The van der Waals surface area contributed by atoms with Crippen molar-refractivity contribution in [2.75, 3.05) is 14.7 Å². The van der Waals surface area contributed by atoms with E-state index >= 15 is 0 Å². The maximum atomic E-state index is 6.87. The molecule has 7 heteroatoms. The smallest absolute Gasteiger partial charge is 0.264 e. The van der Waals surface area contributed by atoms with Crippen LogP contribution in [0.3, 0.4) is 0 Å². The first-order valence-corrected chi connectivity index (χ1v) is 34.9. The van der Waals surface area contributed by atoms with Crippen LogP contribution in [0, 0.1) is 0 Å². The molecule has 0 unspecified atom stereocenters. The van der Waals surface area contributed by atoms with E-state index in [4.69, 9.17) is 8.83 Å². The minimum absolute atomic E-state index is 0.0564. The third-order valence-corrected chi connectivity index (χ3v) is 21.5. The third kappa shape index (κ3) is 9.67. The second kappa shape index (κ2) is 23.3. The Hall–Kier alpha value is -12.2. The number of para-hydroxylation sites is 5. The van der Waals surface area contributed by atoms with Gasteiger partial charge in [0.25, 0.3) is 6.71 Å². The summed E-state index contributed by atoms with van der Waals surface area (Å²) in [7, 11) is 0. The van der Waals surface area contributed by atoms with Crippen LogP contribution >= 0.6 is 11.3 Å². The van der Waals surface area contributed by atoms with Crippen molar-refractivity contribution in [1.29, 1.82) is 0 Å². The van der Waals surface area contributed by atoms with Crippen molar-refractivity contribution in [3.63, 3.8) is 0 Å². The summed E-state index contributed by atoms with van der Waals surface area (Å²) in [5.41, 5.74) is 29.4. The first kappa shape index (κ1) is 58.2. The quantitative estimate of drug-likeness (QED) is 0.121. The Morgan fingerprint density at radius 1 is 0.374 bits per heavy atom. The molecule has 0 radical (unpaired) electrons. The van der Waals surface area contributed by atoms with Crippen LogP contribution < -0.4 is 30.4 Å². The van der Waals surface area contributed by atoms with Crippen molar-refractivity contribution in [2.45, 2.75) is 26.2 Å². The van der Waals surface area contributed by atoms with Crippen molar-refractivity contribution >= 4 is 128 Å². The Labute approximate surface area is 580 Å². The van der Waals surface area contributed by atoms with E-state index in [-0.39, 0.29) is 12.1 Å². The van der Waals surface area contributed by atoms with Crippen molar-refractivity contribution in [3.05, 3.63) is 339 Å². The molecule has 3 aromatic heterocycles. The van der Waals surface area contributed by atoms with E-state index in [9.17, 15) is 0 Å². The maximum Gasteiger partial charge on any atom is 0.264 e. The van der Waals surface area contributed by atoms with Crippen LogP contribution in [-0.4, -0.2) is 6.71 Å². The molecule has 2 aliphatic heterocycles. The Morgan fingerprint density at radius 2 is 0.980 bits per heavy atom. The van der Waals surface area contributed by atoms with Gasteiger partial charge in [-0.15, -0.1) is 11.3 Å². The number of nitrogens with zero attached hydrogens (tertiary/aromatic N) is 3. The van der Waals surface area contributed by atoms with Crippen LogP contribution in [0.5, 0.6) is 0 Å². The predicted molar refractivity (Wildman–Crippen MR) is 419 cm³/mol. The summed E-state index contributed by atoms with van der Waals surface area (Å²) >= 11 is 1.92. The maximum absolute atomic E-state index is 6.87. The molecule has 0 spiro atoms. The van der Waals surface area contributed by atoms with Crippen LogP contribution in [0.4, 0.5) is 51.2 Å². The van der Waals surface area contributed by atoms with Gasteiger partial charge >= 0.3 is 0 Å². The predicted octanol–water partition coefficient (Wildman–Crippen LogP) is 24.4. The fourth-order valence-electron chi connectivity index (χ4n) is 15.6. The number of thiophene rings is 1. The highest BCUT2D eigenvalue weighted by Crippen LogP contribution is 2.54. The summed E-state index contributed by atoms with van der Waals surface area (Å²) in [4.78, 5) is 7.69. The highest BCUT2D eigenvalue weighted by molar-refractivity contribution is 7.33. The fraction of sp³-hybridized carbons (Fsp3) is 0.0435. The molecule has 0 amide bonds. The molecular weight excluding hydrogens is 1220 g/mol. The van der Waals surface area contributed by atoms with Gasteiger partial charge in [0.1, 0.15) is 16.7 Å². The summed E-state index contributed by atoms with van der Waals surface area (Å²) in [6, 6.07) is 121. The molecule has 0 atom stereocenters. The highest BCUT2D eigenvalue weighted by Gasteiger charge is 2.46. The molecule has 5 nitrogen and oxygen atoms in total. The first-order valence-electron chi connectivity index (χ1n) is 34.1. The summed E-state index contributed by atoms with van der Waals surface area (Å²) < 4.78 is 15.7. The van der Waals surface area contributed by atoms with E-state index in [1.165, 1.54) is 48.2 Å².